The second kappa shape index (κ2) is 17.8. The third-order valence-corrected chi connectivity index (χ3v) is 1.26. The summed E-state index contributed by atoms with van der Waals surface area (Å²) < 4.78 is 25.1. The summed E-state index contributed by atoms with van der Waals surface area (Å²) in [4.78, 5) is 0. The summed E-state index contributed by atoms with van der Waals surface area (Å²) in [6.45, 7) is 0. The van der Waals surface area contributed by atoms with E-state index in [1.165, 1.54) is 0 Å². The second-order valence-electron chi connectivity index (χ2n) is 2.01. The molecule has 11 heteroatoms. The fourth-order valence-electron chi connectivity index (χ4n) is 0.757. The predicted octanol–water partition coefficient (Wildman–Crippen LogP) is -13.1. The van der Waals surface area contributed by atoms with Crippen LogP contribution >= 0.6 is 0 Å². The summed E-state index contributed by atoms with van der Waals surface area (Å²) in [5.41, 5.74) is -0.715. The third-order valence-electron chi connectivity index (χ3n) is 1.26. The van der Waals surface area contributed by atoms with Gasteiger partial charge >= 0.3 is 53.2 Å². The van der Waals surface area contributed by atoms with E-state index in [1.807, 2.05) is 0 Å². The minimum absolute atomic E-state index is 0. The van der Waals surface area contributed by atoms with Gasteiger partial charge in [-0.15, -0.1) is 0 Å². The first-order valence-electron chi connectivity index (χ1n) is 2.93. The van der Waals surface area contributed by atoms with Gasteiger partial charge in [0.25, 0.3) is 0 Å². The van der Waals surface area contributed by atoms with Crippen molar-refractivity contribution in [2.75, 3.05) is 0 Å². The van der Waals surface area contributed by atoms with Crippen LogP contribution in [0, 0.1) is 11.6 Å². The molecule has 0 atom stereocenters. The number of benzene rings is 1. The molecule has 0 saturated heterocycles. The molecule has 0 heterocycles. The maximum absolute atomic E-state index is 12.5. The monoisotopic (exact) mass is 346 g/mol. The van der Waals surface area contributed by atoms with Crippen LogP contribution in [0.1, 0.15) is 0 Å². The van der Waals surface area contributed by atoms with Gasteiger partial charge in [-0.1, -0.05) is 6.07 Å². The third kappa shape index (κ3) is 11.3. The van der Waals surface area contributed by atoms with Gasteiger partial charge in [-0.2, -0.15) is 0 Å². The molecular weight excluding hydrogens is 343 g/mol. The molecule has 0 fully saturated rings. The van der Waals surface area contributed by atoms with Crippen LogP contribution in [0.5, 0.6) is 0 Å². The van der Waals surface area contributed by atoms with Gasteiger partial charge in [0.05, 0.1) is 5.46 Å². The molecule has 0 bridgehead atoms. The SMILES string of the molecule is OB(O)c1c(F)cccc1F.[Cl-].[Cl-].[Cl-].[Cl-].[Mg+2].[Mg+2]. The first kappa shape index (κ1) is 36.3. The summed E-state index contributed by atoms with van der Waals surface area (Å²) in [7, 11) is -2.10. The van der Waals surface area contributed by atoms with Crippen LogP contribution in [-0.2, 0) is 0 Å². The molecule has 1 rings (SSSR count). The fraction of sp³-hybridized carbons (Fsp3) is 0. The maximum Gasteiger partial charge on any atom is 2.00 e. The van der Waals surface area contributed by atoms with Crippen molar-refractivity contribution in [3.05, 3.63) is 29.8 Å². The normalized spacial score (nSPS) is 6.35. The number of halogens is 6. The zero-order chi connectivity index (χ0) is 8.43. The summed E-state index contributed by atoms with van der Waals surface area (Å²) in [5.74, 6) is -1.92. The Morgan fingerprint density at radius 3 is 1.29 bits per heavy atom. The first-order valence-corrected chi connectivity index (χ1v) is 2.93. The van der Waals surface area contributed by atoms with Gasteiger partial charge in [-0.25, -0.2) is 8.78 Å². The number of rotatable bonds is 1. The largest absolute Gasteiger partial charge is 2.00 e. The number of hydrogen-bond acceptors (Lipinski definition) is 2. The Bertz CT molecular complexity index is 266. The van der Waals surface area contributed by atoms with Crippen LogP contribution in [0.15, 0.2) is 18.2 Å². The van der Waals surface area contributed by atoms with Crippen molar-refractivity contribution in [2.24, 2.45) is 0 Å². The van der Waals surface area contributed by atoms with Crippen LogP contribution in [-0.4, -0.2) is 63.3 Å². The quantitative estimate of drug-likeness (QED) is 0.495. The van der Waals surface area contributed by atoms with Gasteiger partial charge in [-0.3, -0.25) is 0 Å². The average molecular weight is 348 g/mol. The van der Waals surface area contributed by atoms with Crippen molar-refractivity contribution in [2.45, 2.75) is 0 Å². The summed E-state index contributed by atoms with van der Waals surface area (Å²) >= 11 is 0. The van der Waals surface area contributed by atoms with Crippen LogP contribution in [0.3, 0.4) is 0 Å². The van der Waals surface area contributed by atoms with Crippen LogP contribution in [0.4, 0.5) is 8.78 Å². The Kier molecular flexibility index (Phi) is 38.0. The van der Waals surface area contributed by atoms with Crippen LogP contribution in [0.2, 0.25) is 0 Å². The van der Waals surface area contributed by atoms with Crippen molar-refractivity contribution in [1.82, 2.24) is 0 Å². The molecule has 2 N–H and O–H groups in total. The van der Waals surface area contributed by atoms with Gasteiger partial charge in [-0.05, 0) is 12.1 Å². The molecule has 0 aromatic heterocycles. The zero-order valence-electron chi connectivity index (χ0n) is 8.39. The minimum atomic E-state index is -2.10. The van der Waals surface area contributed by atoms with E-state index >= 15 is 0 Å². The minimum Gasteiger partial charge on any atom is -1.00 e. The summed E-state index contributed by atoms with van der Waals surface area (Å²) in [5, 5.41) is 16.9. The van der Waals surface area contributed by atoms with E-state index in [2.05, 4.69) is 0 Å². The van der Waals surface area contributed by atoms with Gasteiger partial charge in [0.1, 0.15) is 11.6 Å². The van der Waals surface area contributed by atoms with Gasteiger partial charge < -0.3 is 59.7 Å². The van der Waals surface area contributed by atoms with Crippen molar-refractivity contribution >= 4 is 58.7 Å². The molecule has 1 aromatic carbocycles. The molecule has 0 aliphatic carbocycles. The predicted molar refractivity (Wildman–Crippen MR) is 47.7 cm³/mol. The fourth-order valence-corrected chi connectivity index (χ4v) is 0.757. The zero-order valence-corrected chi connectivity index (χ0v) is 14.2. The molecule has 0 aliphatic rings. The van der Waals surface area contributed by atoms with Crippen molar-refractivity contribution in [3.63, 3.8) is 0 Å². The maximum atomic E-state index is 12.5. The molecular formula is C6H5BCl4F2Mg2O2. The molecule has 0 spiro atoms. The van der Waals surface area contributed by atoms with E-state index in [0.717, 1.165) is 18.2 Å². The van der Waals surface area contributed by atoms with Crippen molar-refractivity contribution in [1.29, 1.82) is 0 Å². The molecule has 90 valence electrons. The van der Waals surface area contributed by atoms with Crippen LogP contribution < -0.4 is 55.1 Å². The Balaban J connectivity index is -0.0000000504. The molecule has 0 unspecified atom stereocenters. The topological polar surface area (TPSA) is 40.5 Å². The van der Waals surface area contributed by atoms with E-state index in [1.54, 1.807) is 0 Å². The molecule has 2 nitrogen and oxygen atoms in total. The first-order chi connectivity index (χ1) is 5.13. The van der Waals surface area contributed by atoms with E-state index in [4.69, 9.17) is 10.0 Å². The molecule has 0 aliphatic heterocycles. The van der Waals surface area contributed by atoms with Crippen molar-refractivity contribution < 1.29 is 68.5 Å². The second-order valence-corrected chi connectivity index (χ2v) is 2.01. The molecule has 0 radical (unpaired) electrons. The Morgan fingerprint density at radius 1 is 0.824 bits per heavy atom. The molecule has 1 aromatic rings. The van der Waals surface area contributed by atoms with Gasteiger partial charge in [0.2, 0.25) is 0 Å². The standard InChI is InChI=1S/C6H5BF2O2.4ClH.2Mg/c8-4-2-1-3-5(9)6(4)7(10)11;;;;;;/h1-3,10-11H;4*1H;;/q;;;;;2*+2/p-4. The van der Waals surface area contributed by atoms with Gasteiger partial charge in [0.15, 0.2) is 0 Å². The summed E-state index contributed by atoms with van der Waals surface area (Å²) in [6, 6.07) is 3.06. The van der Waals surface area contributed by atoms with E-state index in [-0.39, 0.29) is 95.7 Å². The summed E-state index contributed by atoms with van der Waals surface area (Å²) in [6.07, 6.45) is 0. The van der Waals surface area contributed by atoms with E-state index < -0.39 is 24.2 Å². The van der Waals surface area contributed by atoms with Crippen LogP contribution in [0.25, 0.3) is 0 Å². The van der Waals surface area contributed by atoms with E-state index in [9.17, 15) is 8.78 Å². The Labute approximate surface area is 155 Å². The Morgan fingerprint density at radius 2 is 1.12 bits per heavy atom. The average Bonchev–Trinajstić information content (AvgIpc) is 1.85. The molecule has 17 heavy (non-hydrogen) atoms. The van der Waals surface area contributed by atoms with E-state index in [0.29, 0.717) is 0 Å². The molecule has 0 saturated carbocycles. The number of hydrogen-bond donors (Lipinski definition) is 2. The van der Waals surface area contributed by atoms with Crippen molar-refractivity contribution in [3.8, 4) is 0 Å². The Hall–Kier alpha value is 1.76. The van der Waals surface area contributed by atoms with Gasteiger partial charge in [0, 0.05) is 0 Å². The smallest absolute Gasteiger partial charge is 1.00 e. The molecule has 0 amide bonds.